The average Bonchev–Trinajstić information content (AvgIpc) is 3.72. The lowest BCUT2D eigenvalue weighted by molar-refractivity contribution is -0.324. The van der Waals surface area contributed by atoms with Gasteiger partial charge in [-0.1, -0.05) is 243 Å². The van der Waals surface area contributed by atoms with E-state index in [4.69, 9.17) is 52.1 Å². The van der Waals surface area contributed by atoms with Gasteiger partial charge in [0.05, 0.1) is 65.6 Å². The largest absolute Gasteiger partial charge is 0.374 e. The van der Waals surface area contributed by atoms with Crippen molar-refractivity contribution in [3.05, 3.63) is 287 Å². The van der Waals surface area contributed by atoms with E-state index in [0.29, 0.717) is 52.0 Å². The molecule has 10 rings (SSSR count). The van der Waals surface area contributed by atoms with Gasteiger partial charge >= 0.3 is 0 Å². The van der Waals surface area contributed by atoms with Gasteiger partial charge in [0.2, 0.25) is 0 Å². The van der Waals surface area contributed by atoms with Crippen molar-refractivity contribution in [2.24, 2.45) is 0 Å². The Bertz CT molecular complexity index is 2970. The third-order valence-electron chi connectivity index (χ3n) is 14.6. The number of ether oxygens (including phenoxy) is 11. The van der Waals surface area contributed by atoms with Gasteiger partial charge in [-0.3, -0.25) is 0 Å². The summed E-state index contributed by atoms with van der Waals surface area (Å²) in [6.45, 7) is 2.71. The highest BCUT2D eigenvalue weighted by molar-refractivity contribution is 7.99. The molecule has 12 heteroatoms. The summed E-state index contributed by atoms with van der Waals surface area (Å²) in [5.41, 5.74) is 7.61. The highest BCUT2D eigenvalue weighted by Crippen LogP contribution is 2.39. The third kappa shape index (κ3) is 17.4. The predicted octanol–water partition coefficient (Wildman–Crippen LogP) is 13.3. The van der Waals surface area contributed by atoms with Crippen LogP contribution in [0.25, 0.3) is 0 Å². The van der Waals surface area contributed by atoms with Crippen LogP contribution in [0.2, 0.25) is 0 Å². The monoisotopic (exact) mass is 1120 g/mol. The predicted molar refractivity (Wildman–Crippen MR) is 318 cm³/mol. The maximum atomic E-state index is 7.31. The van der Waals surface area contributed by atoms with E-state index in [1.807, 2.05) is 158 Å². The first-order valence-electron chi connectivity index (χ1n) is 28.3. The Labute approximate surface area is 487 Å². The van der Waals surface area contributed by atoms with Gasteiger partial charge in [-0.05, 0) is 44.5 Å². The van der Waals surface area contributed by atoms with Crippen molar-refractivity contribution in [1.29, 1.82) is 0 Å². The van der Waals surface area contributed by atoms with E-state index in [1.54, 1.807) is 18.9 Å². The van der Waals surface area contributed by atoms with Crippen LogP contribution >= 0.6 is 11.8 Å². The summed E-state index contributed by atoms with van der Waals surface area (Å²) >= 11 is 1.63. The van der Waals surface area contributed by atoms with Crippen LogP contribution in [0.1, 0.15) is 50.6 Å². The summed E-state index contributed by atoms with van der Waals surface area (Å²) in [5.74, 6) is 0.463. The first-order valence-corrected chi connectivity index (χ1v) is 29.3. The molecule has 2 saturated heterocycles. The smallest absolute Gasteiger partial charge is 0.186 e. The zero-order valence-corrected chi connectivity index (χ0v) is 47.2. The normalized spacial score (nSPS) is 23.0. The second-order valence-electron chi connectivity index (χ2n) is 20.5. The van der Waals surface area contributed by atoms with E-state index in [-0.39, 0.29) is 13.2 Å². The molecule has 0 unspecified atom stereocenters. The zero-order chi connectivity index (χ0) is 55.8. The lowest BCUT2D eigenvalue weighted by Gasteiger charge is -2.46. The molecule has 2 aliphatic heterocycles. The molecule has 2 heterocycles. The van der Waals surface area contributed by atoms with Crippen LogP contribution in [0.4, 0.5) is 0 Å². The molecule has 0 amide bonds. The first kappa shape index (κ1) is 58.9. The van der Waals surface area contributed by atoms with Gasteiger partial charge in [-0.2, -0.15) is 0 Å². The lowest BCUT2D eigenvalue weighted by atomic mass is 9.97. The first-order chi connectivity index (χ1) is 40.6. The van der Waals surface area contributed by atoms with Gasteiger partial charge in [0, 0.05) is 12.9 Å². The maximum absolute atomic E-state index is 7.31. The van der Waals surface area contributed by atoms with Crippen LogP contribution in [0.5, 0.6) is 0 Å². The van der Waals surface area contributed by atoms with Crippen LogP contribution in [-0.4, -0.2) is 86.6 Å². The van der Waals surface area contributed by atoms with Gasteiger partial charge in [-0.25, -0.2) is 0 Å². The Morgan fingerprint density at radius 1 is 0.341 bits per heavy atom. The number of methoxy groups -OCH3 is 1. The Kier molecular flexibility index (Phi) is 22.9. The zero-order valence-electron chi connectivity index (χ0n) is 46.4. The number of rotatable bonds is 30. The minimum atomic E-state index is -0.816. The standard InChI is InChI=1S/C70H74O11S/c1-71-69-67(78-47-57-36-20-7-21-37-57)65(76-45-55-32-16-5-17-33-55)64(75-44-54-30-14-4-15-31-54)61(80-69)50-73-62(59-40-24-9-25-41-59)51-82-70-68(79-48-58-38-22-8-23-39-58)66(77-46-56-34-18-6-19-35-56)63(74-43-53-28-12-3-13-29-53)60(81-70)49-72-42-52-26-10-2-11-27-52/h2-41,60-70H,42-51H2,1H3/t60-,61-,62+,63-,64-,65+,66+,67-,68-,69+,70+/m1/s1. The van der Waals surface area contributed by atoms with Gasteiger partial charge < -0.3 is 52.1 Å². The van der Waals surface area contributed by atoms with Crippen LogP contribution in [-0.2, 0) is 98.4 Å². The molecule has 0 N–H and O–H groups in total. The van der Waals surface area contributed by atoms with E-state index in [9.17, 15) is 0 Å². The van der Waals surface area contributed by atoms with Gasteiger partial charge in [0.15, 0.2) is 6.29 Å². The summed E-state index contributed by atoms with van der Waals surface area (Å²) in [5, 5.41) is 0. The molecule has 0 bridgehead atoms. The minimum Gasteiger partial charge on any atom is -0.374 e. The highest BCUT2D eigenvalue weighted by Gasteiger charge is 2.51. The fourth-order valence-corrected chi connectivity index (χ4v) is 11.5. The molecule has 8 aromatic rings. The lowest BCUT2D eigenvalue weighted by Crippen LogP contribution is -2.61. The van der Waals surface area contributed by atoms with Crippen molar-refractivity contribution < 1.29 is 52.1 Å². The van der Waals surface area contributed by atoms with E-state index in [0.717, 1.165) is 44.5 Å². The van der Waals surface area contributed by atoms with Crippen molar-refractivity contribution in [1.82, 2.24) is 0 Å². The number of thioether (sulfide) groups is 1. The van der Waals surface area contributed by atoms with E-state index in [1.165, 1.54) is 0 Å². The summed E-state index contributed by atoms with van der Waals surface area (Å²) in [7, 11) is 1.64. The topological polar surface area (TPSA) is 102 Å². The molecular weight excluding hydrogens is 1050 g/mol. The molecule has 426 valence electrons. The molecule has 2 fully saturated rings. The van der Waals surface area contributed by atoms with Crippen molar-refractivity contribution in [3.63, 3.8) is 0 Å². The summed E-state index contributed by atoms with van der Waals surface area (Å²) in [4.78, 5) is 0. The van der Waals surface area contributed by atoms with E-state index >= 15 is 0 Å². The molecule has 0 saturated carbocycles. The van der Waals surface area contributed by atoms with Gasteiger partial charge in [-0.15, -0.1) is 11.8 Å². The molecule has 11 nitrogen and oxygen atoms in total. The van der Waals surface area contributed by atoms with Crippen LogP contribution in [0.3, 0.4) is 0 Å². The Morgan fingerprint density at radius 2 is 0.659 bits per heavy atom. The maximum Gasteiger partial charge on any atom is 0.186 e. The van der Waals surface area contributed by atoms with Gasteiger partial charge in [0.25, 0.3) is 0 Å². The summed E-state index contributed by atoms with van der Waals surface area (Å²) in [6, 6.07) is 81.4. The Hall–Kier alpha value is -6.33. The fraction of sp³-hybridized carbons (Fsp3) is 0.314. The molecule has 11 atom stereocenters. The number of benzene rings is 8. The van der Waals surface area contributed by atoms with Gasteiger partial charge in [0.1, 0.15) is 54.3 Å². The number of hydrogen-bond acceptors (Lipinski definition) is 12. The second kappa shape index (κ2) is 31.9. The molecular formula is C70H74O11S. The highest BCUT2D eigenvalue weighted by atomic mass is 32.2. The molecule has 82 heavy (non-hydrogen) atoms. The molecule has 8 aromatic carbocycles. The molecule has 0 aliphatic carbocycles. The minimum absolute atomic E-state index is 0.129. The number of hydrogen-bond donors (Lipinski definition) is 0. The molecule has 0 spiro atoms. The molecule has 2 aliphatic rings. The molecule has 0 aromatic heterocycles. The quantitative estimate of drug-likeness (QED) is 0.0428. The molecule has 0 radical (unpaired) electrons. The summed E-state index contributed by atoms with van der Waals surface area (Å²) < 4.78 is 76.1. The van der Waals surface area contributed by atoms with E-state index < -0.39 is 66.7 Å². The second-order valence-corrected chi connectivity index (χ2v) is 21.6. The Balaban J connectivity index is 0.952. The Morgan fingerprint density at radius 3 is 1.05 bits per heavy atom. The van der Waals surface area contributed by atoms with Crippen molar-refractivity contribution in [2.45, 2.75) is 113 Å². The van der Waals surface area contributed by atoms with Crippen LogP contribution < -0.4 is 0 Å². The van der Waals surface area contributed by atoms with Crippen LogP contribution in [0, 0.1) is 0 Å². The van der Waals surface area contributed by atoms with Crippen molar-refractivity contribution >= 4 is 11.8 Å². The third-order valence-corrected chi connectivity index (χ3v) is 15.8. The summed E-state index contributed by atoms with van der Waals surface area (Å²) in [6.07, 6.45) is -6.19. The SMILES string of the molecule is CO[C@H]1O[C@H](CO[C@@H](CS[C@@H]2O[C@H](COCc3ccccc3)[C@@H](OCc3ccccc3)[C@H](OCc3ccccc3)[C@H]2OCc2ccccc2)c2ccccc2)[C@@H](OCc2ccccc2)[C@H](OCc2ccccc2)[C@H]1OCc1ccccc1. The van der Waals surface area contributed by atoms with Crippen LogP contribution in [0.15, 0.2) is 243 Å². The average molecular weight is 1120 g/mol. The van der Waals surface area contributed by atoms with Crippen molar-refractivity contribution in [3.8, 4) is 0 Å². The fourth-order valence-electron chi connectivity index (χ4n) is 10.3. The van der Waals surface area contributed by atoms with E-state index in [2.05, 4.69) is 84.9 Å². The van der Waals surface area contributed by atoms with Crippen molar-refractivity contribution in [2.75, 3.05) is 26.1 Å².